The van der Waals surface area contributed by atoms with Gasteiger partial charge in [0.1, 0.15) is 11.4 Å². The van der Waals surface area contributed by atoms with Crippen LogP contribution in [0.15, 0.2) is 18.2 Å². The molecule has 0 heterocycles. The second-order valence-corrected chi connectivity index (χ2v) is 7.00. The van der Waals surface area contributed by atoms with Gasteiger partial charge in [0.15, 0.2) is 0 Å². The first kappa shape index (κ1) is 18.2. The molecule has 0 atom stereocenters. The van der Waals surface area contributed by atoms with Gasteiger partial charge in [-0.3, -0.25) is 5.32 Å². The number of anilines is 2. The van der Waals surface area contributed by atoms with Gasteiger partial charge >= 0.3 is 6.09 Å². The fourth-order valence-corrected chi connectivity index (χ4v) is 1.55. The number of carbonyl (C=O) groups is 1. The van der Waals surface area contributed by atoms with Gasteiger partial charge in [0.05, 0.1) is 5.69 Å². The number of aliphatic hydroxyl groups is 1. The largest absolute Gasteiger partial charge is 0.444 e. The van der Waals surface area contributed by atoms with E-state index >= 15 is 0 Å². The summed E-state index contributed by atoms with van der Waals surface area (Å²) in [5.41, 5.74) is -0.285. The SMILES string of the molecule is CC(C)(CO)CNc1cc(NC(=O)OC(C)(C)C)ccc1F. The molecular weight excluding hydrogens is 287 g/mol. The minimum atomic E-state index is -0.601. The Balaban J connectivity index is 2.75. The molecule has 1 aromatic rings. The minimum Gasteiger partial charge on any atom is -0.444 e. The maximum absolute atomic E-state index is 13.8. The fraction of sp³-hybridized carbons (Fsp3) is 0.562. The number of rotatable bonds is 5. The Morgan fingerprint density at radius 2 is 1.91 bits per heavy atom. The van der Waals surface area contributed by atoms with E-state index in [0.29, 0.717) is 12.2 Å². The van der Waals surface area contributed by atoms with E-state index < -0.39 is 17.5 Å². The zero-order chi connectivity index (χ0) is 17.0. The smallest absolute Gasteiger partial charge is 0.412 e. The van der Waals surface area contributed by atoms with E-state index in [1.807, 2.05) is 13.8 Å². The van der Waals surface area contributed by atoms with Gasteiger partial charge in [0.25, 0.3) is 0 Å². The molecule has 0 aliphatic rings. The number of halogens is 1. The Hall–Kier alpha value is -1.82. The number of amides is 1. The first-order chi connectivity index (χ1) is 10.0. The Labute approximate surface area is 130 Å². The molecule has 22 heavy (non-hydrogen) atoms. The lowest BCUT2D eigenvalue weighted by Crippen LogP contribution is -2.28. The van der Waals surface area contributed by atoms with Crippen molar-refractivity contribution in [2.45, 2.75) is 40.2 Å². The molecule has 3 N–H and O–H groups in total. The average molecular weight is 312 g/mol. The lowest BCUT2D eigenvalue weighted by molar-refractivity contribution is 0.0636. The molecule has 0 fully saturated rings. The van der Waals surface area contributed by atoms with Crippen molar-refractivity contribution in [3.63, 3.8) is 0 Å². The van der Waals surface area contributed by atoms with E-state index in [0.717, 1.165) is 0 Å². The Morgan fingerprint density at radius 1 is 1.27 bits per heavy atom. The van der Waals surface area contributed by atoms with Gasteiger partial charge in [-0.15, -0.1) is 0 Å². The number of hydrogen-bond acceptors (Lipinski definition) is 4. The zero-order valence-corrected chi connectivity index (χ0v) is 13.8. The van der Waals surface area contributed by atoms with E-state index in [1.54, 1.807) is 20.8 Å². The van der Waals surface area contributed by atoms with Crippen LogP contribution in [0.25, 0.3) is 0 Å². The summed E-state index contributed by atoms with van der Waals surface area (Å²) in [6.45, 7) is 9.40. The monoisotopic (exact) mass is 312 g/mol. The van der Waals surface area contributed by atoms with Crippen molar-refractivity contribution >= 4 is 17.5 Å². The number of hydrogen-bond donors (Lipinski definition) is 3. The maximum Gasteiger partial charge on any atom is 0.412 e. The summed E-state index contributed by atoms with van der Waals surface area (Å²) < 4.78 is 18.9. The molecular formula is C16H25FN2O3. The third-order valence-corrected chi connectivity index (χ3v) is 2.80. The number of aliphatic hydroxyl groups excluding tert-OH is 1. The fourth-order valence-electron chi connectivity index (χ4n) is 1.55. The normalized spacial score (nSPS) is 12.0. The molecule has 1 aromatic carbocycles. The first-order valence-corrected chi connectivity index (χ1v) is 7.17. The van der Waals surface area contributed by atoms with E-state index in [2.05, 4.69) is 10.6 Å². The molecule has 1 amide bonds. The van der Waals surface area contributed by atoms with E-state index in [-0.39, 0.29) is 17.7 Å². The third kappa shape index (κ3) is 6.30. The molecule has 5 nitrogen and oxygen atoms in total. The summed E-state index contributed by atoms with van der Waals surface area (Å²) >= 11 is 0. The predicted molar refractivity (Wildman–Crippen MR) is 85.6 cm³/mol. The standard InChI is InChI=1S/C16H25FN2O3/c1-15(2,3)22-14(21)19-11-6-7-12(17)13(8-11)18-9-16(4,5)10-20/h6-8,18,20H,9-10H2,1-5H3,(H,19,21). The summed E-state index contributed by atoms with van der Waals surface area (Å²) in [6.07, 6.45) is -0.597. The number of carbonyl (C=O) groups excluding carboxylic acids is 1. The molecule has 1 rings (SSSR count). The van der Waals surface area contributed by atoms with Gasteiger partial charge < -0.3 is 15.2 Å². The molecule has 0 unspecified atom stereocenters. The van der Waals surface area contributed by atoms with Crippen LogP contribution in [0, 0.1) is 11.2 Å². The number of ether oxygens (including phenoxy) is 1. The van der Waals surface area contributed by atoms with E-state index in [4.69, 9.17) is 4.74 Å². The summed E-state index contributed by atoms with van der Waals surface area (Å²) in [5, 5.41) is 14.7. The molecule has 0 aromatic heterocycles. The Kier molecular flexibility index (Phi) is 5.77. The zero-order valence-electron chi connectivity index (χ0n) is 13.8. The van der Waals surface area contributed by atoms with Crippen molar-refractivity contribution in [3.8, 4) is 0 Å². The van der Waals surface area contributed by atoms with E-state index in [9.17, 15) is 14.3 Å². The predicted octanol–water partition coefficient (Wildman–Crippen LogP) is 3.60. The summed E-state index contributed by atoms with van der Waals surface area (Å²) in [6, 6.07) is 4.22. The highest BCUT2D eigenvalue weighted by Crippen LogP contribution is 2.22. The molecule has 0 radical (unpaired) electrons. The van der Waals surface area contributed by atoms with Crippen LogP contribution in [0.1, 0.15) is 34.6 Å². The van der Waals surface area contributed by atoms with Crippen LogP contribution in [-0.4, -0.2) is 30.0 Å². The summed E-state index contributed by atoms with van der Waals surface area (Å²) in [4.78, 5) is 11.7. The molecule has 0 spiro atoms. The van der Waals surface area contributed by atoms with Gasteiger partial charge in [0.2, 0.25) is 0 Å². The van der Waals surface area contributed by atoms with Crippen LogP contribution in [0.5, 0.6) is 0 Å². The highest BCUT2D eigenvalue weighted by molar-refractivity contribution is 5.85. The molecule has 0 aliphatic heterocycles. The van der Waals surface area contributed by atoms with E-state index in [1.165, 1.54) is 18.2 Å². The minimum absolute atomic E-state index is 0.0164. The number of benzene rings is 1. The summed E-state index contributed by atoms with van der Waals surface area (Å²) in [7, 11) is 0. The van der Waals surface area contributed by atoms with Crippen molar-refractivity contribution in [2.75, 3.05) is 23.8 Å². The molecule has 124 valence electrons. The highest BCUT2D eigenvalue weighted by Gasteiger charge is 2.18. The van der Waals surface area contributed by atoms with Crippen molar-refractivity contribution in [1.82, 2.24) is 0 Å². The summed E-state index contributed by atoms with van der Waals surface area (Å²) in [5.74, 6) is -0.427. The van der Waals surface area contributed by atoms with Crippen LogP contribution in [0.2, 0.25) is 0 Å². The molecule has 6 heteroatoms. The van der Waals surface area contributed by atoms with Gasteiger partial charge in [-0.1, -0.05) is 13.8 Å². The van der Waals surface area contributed by atoms with Gasteiger partial charge in [0, 0.05) is 24.3 Å². The van der Waals surface area contributed by atoms with Gasteiger partial charge in [-0.05, 0) is 39.0 Å². The topological polar surface area (TPSA) is 70.6 Å². The van der Waals surface area contributed by atoms with Crippen molar-refractivity contribution in [2.24, 2.45) is 5.41 Å². The van der Waals surface area contributed by atoms with Crippen LogP contribution < -0.4 is 10.6 Å². The quantitative estimate of drug-likeness (QED) is 0.777. The van der Waals surface area contributed by atoms with Crippen LogP contribution in [0.4, 0.5) is 20.6 Å². The van der Waals surface area contributed by atoms with Crippen LogP contribution in [0.3, 0.4) is 0 Å². The second-order valence-electron chi connectivity index (χ2n) is 7.00. The Morgan fingerprint density at radius 3 is 2.45 bits per heavy atom. The van der Waals surface area contributed by atoms with Crippen LogP contribution >= 0.6 is 0 Å². The van der Waals surface area contributed by atoms with Crippen molar-refractivity contribution in [1.29, 1.82) is 0 Å². The van der Waals surface area contributed by atoms with Gasteiger partial charge in [-0.2, -0.15) is 0 Å². The lowest BCUT2D eigenvalue weighted by atomic mass is 9.95. The highest BCUT2D eigenvalue weighted by atomic mass is 19.1. The molecule has 0 bridgehead atoms. The molecule has 0 saturated heterocycles. The van der Waals surface area contributed by atoms with Crippen molar-refractivity contribution in [3.05, 3.63) is 24.0 Å². The molecule has 0 aliphatic carbocycles. The maximum atomic E-state index is 13.8. The van der Waals surface area contributed by atoms with Crippen LogP contribution in [-0.2, 0) is 4.74 Å². The molecule has 0 saturated carbocycles. The first-order valence-electron chi connectivity index (χ1n) is 7.17. The third-order valence-electron chi connectivity index (χ3n) is 2.80. The lowest BCUT2D eigenvalue weighted by Gasteiger charge is -2.23. The second kappa shape index (κ2) is 6.96. The number of nitrogens with one attached hydrogen (secondary N) is 2. The van der Waals surface area contributed by atoms with Crippen molar-refractivity contribution < 1.29 is 19.0 Å². The average Bonchev–Trinajstić information content (AvgIpc) is 2.37. The Bertz CT molecular complexity index is 525. The van der Waals surface area contributed by atoms with Gasteiger partial charge in [-0.25, -0.2) is 9.18 Å².